The number of nitrogens with one attached hydrogen (secondary N) is 2. The van der Waals surface area contributed by atoms with Crippen molar-refractivity contribution >= 4 is 0 Å². The lowest BCUT2D eigenvalue weighted by Gasteiger charge is -2.12. The van der Waals surface area contributed by atoms with Crippen LogP contribution in [0.2, 0.25) is 0 Å². The Morgan fingerprint density at radius 1 is 1.38 bits per heavy atom. The van der Waals surface area contributed by atoms with Crippen LogP contribution in [0.4, 0.5) is 0 Å². The van der Waals surface area contributed by atoms with Gasteiger partial charge < -0.3 is 5.32 Å². The SMILES string of the molecule is Cc1[nH]nc2c1C(NC1CC1)CC2. The zero-order chi connectivity index (χ0) is 8.84. The van der Waals surface area contributed by atoms with Crippen LogP contribution in [0.15, 0.2) is 0 Å². The highest BCUT2D eigenvalue weighted by Gasteiger charge is 2.31. The van der Waals surface area contributed by atoms with Gasteiger partial charge in [-0.2, -0.15) is 5.10 Å². The van der Waals surface area contributed by atoms with E-state index < -0.39 is 0 Å². The van der Waals surface area contributed by atoms with Gasteiger partial charge in [0.15, 0.2) is 0 Å². The Balaban J connectivity index is 1.86. The Kier molecular flexibility index (Phi) is 1.50. The molecule has 0 saturated heterocycles. The molecule has 1 heterocycles. The monoisotopic (exact) mass is 177 g/mol. The van der Waals surface area contributed by atoms with Gasteiger partial charge in [0.25, 0.3) is 0 Å². The molecule has 1 atom stereocenters. The summed E-state index contributed by atoms with van der Waals surface area (Å²) in [6.07, 6.45) is 5.11. The van der Waals surface area contributed by atoms with Gasteiger partial charge in [-0.3, -0.25) is 5.10 Å². The van der Waals surface area contributed by atoms with E-state index in [4.69, 9.17) is 0 Å². The van der Waals surface area contributed by atoms with Gasteiger partial charge in [-0.1, -0.05) is 0 Å². The maximum Gasteiger partial charge on any atom is 0.0673 e. The molecule has 0 bridgehead atoms. The molecule has 1 unspecified atom stereocenters. The summed E-state index contributed by atoms with van der Waals surface area (Å²) in [7, 11) is 0. The number of H-pyrrole nitrogens is 1. The smallest absolute Gasteiger partial charge is 0.0673 e. The second kappa shape index (κ2) is 2.58. The fraction of sp³-hybridized carbons (Fsp3) is 0.700. The summed E-state index contributed by atoms with van der Waals surface area (Å²) in [5.41, 5.74) is 3.99. The third-order valence-corrected chi connectivity index (χ3v) is 3.11. The van der Waals surface area contributed by atoms with Gasteiger partial charge in [0.2, 0.25) is 0 Å². The van der Waals surface area contributed by atoms with E-state index >= 15 is 0 Å². The molecular formula is C10H15N3. The largest absolute Gasteiger partial charge is 0.307 e. The van der Waals surface area contributed by atoms with E-state index in [1.807, 2.05) is 0 Å². The van der Waals surface area contributed by atoms with Crippen molar-refractivity contribution in [2.24, 2.45) is 0 Å². The van der Waals surface area contributed by atoms with Crippen molar-refractivity contribution in [3.63, 3.8) is 0 Å². The quantitative estimate of drug-likeness (QED) is 0.718. The summed E-state index contributed by atoms with van der Waals surface area (Å²) in [4.78, 5) is 0. The van der Waals surface area contributed by atoms with Crippen LogP contribution in [0.1, 0.15) is 42.3 Å². The van der Waals surface area contributed by atoms with E-state index in [1.165, 1.54) is 36.2 Å². The van der Waals surface area contributed by atoms with E-state index in [0.29, 0.717) is 6.04 Å². The van der Waals surface area contributed by atoms with Gasteiger partial charge in [-0.15, -0.1) is 0 Å². The molecule has 1 aromatic heterocycles. The van der Waals surface area contributed by atoms with Gasteiger partial charge >= 0.3 is 0 Å². The van der Waals surface area contributed by atoms with E-state index in [0.717, 1.165) is 12.5 Å². The van der Waals surface area contributed by atoms with Crippen LogP contribution in [0.3, 0.4) is 0 Å². The summed E-state index contributed by atoms with van der Waals surface area (Å²) in [6.45, 7) is 2.12. The standard InChI is InChI=1S/C10H15N3/c1-6-10-8(11-7-2-3-7)4-5-9(10)13-12-6/h7-8,11H,2-5H2,1H3,(H,12,13). The van der Waals surface area contributed by atoms with E-state index in [9.17, 15) is 0 Å². The van der Waals surface area contributed by atoms with E-state index in [-0.39, 0.29) is 0 Å². The van der Waals surface area contributed by atoms with Gasteiger partial charge in [-0.25, -0.2) is 0 Å². The molecule has 3 heteroatoms. The third-order valence-electron chi connectivity index (χ3n) is 3.11. The fourth-order valence-corrected chi connectivity index (χ4v) is 2.27. The second-order valence-corrected chi connectivity index (χ2v) is 4.24. The minimum Gasteiger partial charge on any atom is -0.307 e. The van der Waals surface area contributed by atoms with Crippen molar-refractivity contribution in [3.8, 4) is 0 Å². The Morgan fingerprint density at radius 2 is 2.23 bits per heavy atom. The van der Waals surface area contributed by atoms with Crippen LogP contribution < -0.4 is 5.32 Å². The molecule has 2 aliphatic rings. The predicted octanol–water partition coefficient (Wildman–Crippen LogP) is 1.46. The molecule has 2 N–H and O–H groups in total. The molecule has 0 radical (unpaired) electrons. The highest BCUT2D eigenvalue weighted by atomic mass is 15.1. The minimum absolute atomic E-state index is 0.584. The van der Waals surface area contributed by atoms with Crippen molar-refractivity contribution in [1.29, 1.82) is 0 Å². The number of rotatable bonds is 2. The van der Waals surface area contributed by atoms with Crippen molar-refractivity contribution in [2.45, 2.75) is 44.7 Å². The molecule has 3 nitrogen and oxygen atoms in total. The van der Waals surface area contributed by atoms with Crippen LogP contribution in [-0.4, -0.2) is 16.2 Å². The van der Waals surface area contributed by atoms with Gasteiger partial charge in [-0.05, 0) is 32.6 Å². The zero-order valence-corrected chi connectivity index (χ0v) is 7.93. The summed E-state index contributed by atoms with van der Waals surface area (Å²) >= 11 is 0. The van der Waals surface area contributed by atoms with E-state index in [1.54, 1.807) is 0 Å². The van der Waals surface area contributed by atoms with Crippen LogP contribution >= 0.6 is 0 Å². The lowest BCUT2D eigenvalue weighted by molar-refractivity contribution is 0.523. The zero-order valence-electron chi connectivity index (χ0n) is 7.93. The second-order valence-electron chi connectivity index (χ2n) is 4.24. The van der Waals surface area contributed by atoms with Crippen LogP contribution in [0.5, 0.6) is 0 Å². The van der Waals surface area contributed by atoms with Gasteiger partial charge in [0.1, 0.15) is 0 Å². The number of nitrogens with zero attached hydrogens (tertiary/aromatic N) is 1. The van der Waals surface area contributed by atoms with Crippen LogP contribution in [0.25, 0.3) is 0 Å². The Labute approximate surface area is 77.9 Å². The maximum atomic E-state index is 4.31. The molecule has 70 valence electrons. The average molecular weight is 177 g/mol. The molecule has 1 saturated carbocycles. The van der Waals surface area contributed by atoms with Crippen molar-refractivity contribution in [3.05, 3.63) is 17.0 Å². The first-order valence-electron chi connectivity index (χ1n) is 5.14. The third kappa shape index (κ3) is 1.18. The van der Waals surface area contributed by atoms with Crippen molar-refractivity contribution < 1.29 is 0 Å². The fourth-order valence-electron chi connectivity index (χ4n) is 2.27. The predicted molar refractivity (Wildman–Crippen MR) is 50.5 cm³/mol. The maximum absolute atomic E-state index is 4.31. The van der Waals surface area contributed by atoms with Crippen molar-refractivity contribution in [1.82, 2.24) is 15.5 Å². The van der Waals surface area contributed by atoms with Gasteiger partial charge in [0.05, 0.1) is 5.69 Å². The number of aromatic nitrogens is 2. The number of aryl methyl sites for hydroxylation is 2. The van der Waals surface area contributed by atoms with Crippen LogP contribution in [0, 0.1) is 6.92 Å². The minimum atomic E-state index is 0.584. The van der Waals surface area contributed by atoms with E-state index in [2.05, 4.69) is 22.4 Å². The lowest BCUT2D eigenvalue weighted by Crippen LogP contribution is -2.21. The first kappa shape index (κ1) is 7.56. The summed E-state index contributed by atoms with van der Waals surface area (Å²) < 4.78 is 0. The molecule has 2 aliphatic carbocycles. The molecule has 0 amide bonds. The Bertz CT molecular complexity index is 325. The Morgan fingerprint density at radius 3 is 3.00 bits per heavy atom. The highest BCUT2D eigenvalue weighted by molar-refractivity contribution is 5.32. The van der Waals surface area contributed by atoms with Crippen molar-refractivity contribution in [2.75, 3.05) is 0 Å². The number of hydrogen-bond acceptors (Lipinski definition) is 2. The average Bonchev–Trinajstić information content (AvgIpc) is 2.71. The first-order valence-corrected chi connectivity index (χ1v) is 5.14. The molecular weight excluding hydrogens is 162 g/mol. The Hall–Kier alpha value is -0.830. The molecule has 0 spiro atoms. The lowest BCUT2D eigenvalue weighted by atomic mass is 10.1. The topological polar surface area (TPSA) is 40.7 Å². The summed E-state index contributed by atoms with van der Waals surface area (Å²) in [5.74, 6) is 0. The van der Waals surface area contributed by atoms with Gasteiger partial charge in [0, 0.05) is 23.3 Å². The summed E-state index contributed by atoms with van der Waals surface area (Å²) in [5, 5.41) is 11.1. The number of fused-ring (bicyclic) bond motifs is 1. The molecule has 1 aromatic rings. The highest BCUT2D eigenvalue weighted by Crippen LogP contribution is 2.34. The molecule has 3 rings (SSSR count). The number of hydrogen-bond donors (Lipinski definition) is 2. The molecule has 0 aliphatic heterocycles. The number of aromatic amines is 1. The molecule has 1 fully saturated rings. The first-order chi connectivity index (χ1) is 6.34. The molecule has 13 heavy (non-hydrogen) atoms. The normalized spacial score (nSPS) is 26.4. The summed E-state index contributed by atoms with van der Waals surface area (Å²) in [6, 6.07) is 1.38. The van der Waals surface area contributed by atoms with Crippen LogP contribution in [-0.2, 0) is 6.42 Å². The molecule has 0 aromatic carbocycles.